The van der Waals surface area contributed by atoms with Crippen molar-refractivity contribution < 1.29 is 23.5 Å². The van der Waals surface area contributed by atoms with Gasteiger partial charge < -0.3 is 14.8 Å². The van der Waals surface area contributed by atoms with Gasteiger partial charge in [0.25, 0.3) is 0 Å². The van der Waals surface area contributed by atoms with Gasteiger partial charge in [0.1, 0.15) is 18.5 Å². The number of ketones is 1. The van der Waals surface area contributed by atoms with Crippen molar-refractivity contribution in [1.82, 2.24) is 0 Å². The highest BCUT2D eigenvalue weighted by Crippen LogP contribution is 2.17. The molecule has 1 rings (SSSR count). The molecule has 0 amide bonds. The van der Waals surface area contributed by atoms with E-state index in [1.807, 2.05) is 0 Å². The van der Waals surface area contributed by atoms with E-state index in [0.717, 1.165) is 0 Å². The van der Waals surface area contributed by atoms with Crippen LogP contribution in [0.25, 0.3) is 0 Å². The molecule has 5 nitrogen and oxygen atoms in total. The third-order valence-corrected chi connectivity index (χ3v) is 2.58. The molecule has 0 aliphatic rings. The lowest BCUT2D eigenvalue weighted by Gasteiger charge is -2.17. The van der Waals surface area contributed by atoms with Crippen LogP contribution in [-0.2, 0) is 14.3 Å². The van der Waals surface area contributed by atoms with Gasteiger partial charge in [0.15, 0.2) is 5.78 Å². The first-order chi connectivity index (χ1) is 9.60. The molecule has 0 aromatic heterocycles. The highest BCUT2D eigenvalue weighted by atomic mass is 19.1. The first-order valence-corrected chi connectivity index (χ1v) is 6.25. The molecule has 0 heterocycles. The molecule has 6 heteroatoms. The fourth-order valence-electron chi connectivity index (χ4n) is 1.61. The van der Waals surface area contributed by atoms with Crippen molar-refractivity contribution in [2.45, 2.75) is 19.4 Å². The normalized spacial score (nSPS) is 11.6. The van der Waals surface area contributed by atoms with Crippen molar-refractivity contribution in [3.8, 4) is 5.75 Å². The van der Waals surface area contributed by atoms with E-state index in [1.54, 1.807) is 38.3 Å². The molecule has 20 heavy (non-hydrogen) atoms. The Morgan fingerprint density at radius 3 is 2.45 bits per heavy atom. The number of benzene rings is 1. The number of esters is 1. The summed E-state index contributed by atoms with van der Waals surface area (Å²) in [4.78, 5) is 22.9. The highest BCUT2D eigenvalue weighted by Gasteiger charge is 2.22. The van der Waals surface area contributed by atoms with E-state index >= 15 is 0 Å². The Bertz CT molecular complexity index is 447. The Morgan fingerprint density at radius 2 is 1.95 bits per heavy atom. The molecule has 0 aliphatic carbocycles. The van der Waals surface area contributed by atoms with Crippen LogP contribution in [0.5, 0.6) is 5.75 Å². The summed E-state index contributed by atoms with van der Waals surface area (Å²) >= 11 is 0. The molecular formula is C14H18FNO4. The average Bonchev–Trinajstić information content (AvgIpc) is 2.47. The van der Waals surface area contributed by atoms with Crippen LogP contribution in [-0.4, -0.2) is 38.2 Å². The van der Waals surface area contributed by atoms with Gasteiger partial charge in [-0.05, 0) is 31.2 Å². The molecule has 0 spiro atoms. The molecule has 0 radical (unpaired) electrons. The number of ether oxygens (including phenoxy) is 2. The van der Waals surface area contributed by atoms with Crippen molar-refractivity contribution in [2.75, 3.05) is 25.7 Å². The van der Waals surface area contributed by atoms with Crippen LogP contribution in [0.15, 0.2) is 24.3 Å². The summed E-state index contributed by atoms with van der Waals surface area (Å²) in [5.74, 6) is -0.558. The summed E-state index contributed by atoms with van der Waals surface area (Å²) in [5, 5.41) is 2.86. The van der Waals surface area contributed by atoms with Crippen LogP contribution in [0, 0.1) is 0 Å². The number of carbonyl (C=O) groups excluding carboxylic acids is 2. The SMILES string of the molecule is CCOC(=O)[C@H](CC(=O)CF)Nc1ccc(OC)cc1. The predicted octanol–water partition coefficient (Wildman–Crippen LogP) is 1.97. The van der Waals surface area contributed by atoms with Crippen molar-refractivity contribution in [3.05, 3.63) is 24.3 Å². The van der Waals surface area contributed by atoms with E-state index < -0.39 is 24.5 Å². The molecule has 0 unspecified atom stereocenters. The van der Waals surface area contributed by atoms with E-state index in [2.05, 4.69) is 5.32 Å². The van der Waals surface area contributed by atoms with Gasteiger partial charge in [0.05, 0.1) is 13.7 Å². The predicted molar refractivity (Wildman–Crippen MR) is 72.6 cm³/mol. The molecule has 0 bridgehead atoms. The van der Waals surface area contributed by atoms with Crippen LogP contribution in [0.1, 0.15) is 13.3 Å². The maximum atomic E-state index is 12.3. The lowest BCUT2D eigenvalue weighted by atomic mass is 10.1. The second-order valence-corrected chi connectivity index (χ2v) is 4.05. The summed E-state index contributed by atoms with van der Waals surface area (Å²) < 4.78 is 22.2. The van der Waals surface area contributed by atoms with Crippen molar-refractivity contribution in [1.29, 1.82) is 0 Å². The summed E-state index contributed by atoms with van der Waals surface area (Å²) in [6.45, 7) is 0.767. The maximum Gasteiger partial charge on any atom is 0.329 e. The van der Waals surface area contributed by atoms with Gasteiger partial charge >= 0.3 is 5.97 Å². The molecule has 1 aromatic rings. The summed E-state index contributed by atoms with van der Waals surface area (Å²) in [6.07, 6.45) is -0.249. The minimum absolute atomic E-state index is 0.198. The Morgan fingerprint density at radius 1 is 1.30 bits per heavy atom. The third-order valence-electron chi connectivity index (χ3n) is 2.58. The fraction of sp³-hybridized carbons (Fsp3) is 0.429. The lowest BCUT2D eigenvalue weighted by Crippen LogP contribution is -2.34. The number of Topliss-reactive ketones (excluding diaryl/α,β-unsaturated/α-hetero) is 1. The first-order valence-electron chi connectivity index (χ1n) is 6.25. The molecule has 1 aromatic carbocycles. The van der Waals surface area contributed by atoms with Gasteiger partial charge in [-0.25, -0.2) is 9.18 Å². The van der Waals surface area contributed by atoms with Crippen molar-refractivity contribution in [3.63, 3.8) is 0 Å². The number of anilines is 1. The fourth-order valence-corrected chi connectivity index (χ4v) is 1.61. The van der Waals surface area contributed by atoms with E-state index in [1.165, 1.54) is 0 Å². The monoisotopic (exact) mass is 283 g/mol. The number of nitrogens with one attached hydrogen (secondary N) is 1. The van der Waals surface area contributed by atoms with E-state index in [9.17, 15) is 14.0 Å². The van der Waals surface area contributed by atoms with Crippen LogP contribution in [0.2, 0.25) is 0 Å². The lowest BCUT2D eigenvalue weighted by molar-refractivity contribution is -0.145. The Balaban J connectivity index is 2.76. The van der Waals surface area contributed by atoms with E-state index in [4.69, 9.17) is 9.47 Å². The number of halogens is 1. The second kappa shape index (κ2) is 8.14. The number of hydrogen-bond donors (Lipinski definition) is 1. The molecule has 1 atom stereocenters. The number of alkyl halides is 1. The van der Waals surface area contributed by atoms with Crippen LogP contribution < -0.4 is 10.1 Å². The average molecular weight is 283 g/mol. The van der Waals surface area contributed by atoms with Gasteiger partial charge in [0.2, 0.25) is 0 Å². The molecule has 1 N–H and O–H groups in total. The Kier molecular flexibility index (Phi) is 6.49. The van der Waals surface area contributed by atoms with Crippen LogP contribution >= 0.6 is 0 Å². The van der Waals surface area contributed by atoms with Gasteiger partial charge in [-0.1, -0.05) is 0 Å². The molecule has 110 valence electrons. The molecule has 0 saturated heterocycles. The molecule has 0 saturated carbocycles. The minimum atomic E-state index is -1.10. The summed E-state index contributed by atoms with van der Waals surface area (Å²) in [6, 6.07) is 5.92. The minimum Gasteiger partial charge on any atom is -0.497 e. The quantitative estimate of drug-likeness (QED) is 0.739. The van der Waals surface area contributed by atoms with E-state index in [-0.39, 0.29) is 13.0 Å². The molecular weight excluding hydrogens is 265 g/mol. The van der Waals surface area contributed by atoms with Crippen LogP contribution in [0.4, 0.5) is 10.1 Å². The van der Waals surface area contributed by atoms with Crippen molar-refractivity contribution >= 4 is 17.4 Å². The number of rotatable bonds is 8. The Labute approximate surface area is 117 Å². The molecule has 0 fully saturated rings. The molecule has 0 aliphatic heterocycles. The zero-order valence-electron chi connectivity index (χ0n) is 11.5. The largest absolute Gasteiger partial charge is 0.497 e. The summed E-state index contributed by atoms with van der Waals surface area (Å²) in [7, 11) is 1.55. The van der Waals surface area contributed by atoms with Crippen molar-refractivity contribution in [2.24, 2.45) is 0 Å². The first kappa shape index (κ1) is 15.9. The standard InChI is InChI=1S/C14H18FNO4/c1-3-20-14(18)13(8-11(17)9-15)16-10-4-6-12(19-2)7-5-10/h4-7,13,16H,3,8-9H2,1-2H3/t13-/m0/s1. The van der Waals surface area contributed by atoms with Gasteiger partial charge in [-0.15, -0.1) is 0 Å². The number of carbonyl (C=O) groups is 2. The zero-order chi connectivity index (χ0) is 15.0. The Hall–Kier alpha value is -2.11. The third kappa shape index (κ3) is 4.87. The van der Waals surface area contributed by atoms with Gasteiger partial charge in [-0.2, -0.15) is 0 Å². The highest BCUT2D eigenvalue weighted by molar-refractivity contribution is 5.89. The zero-order valence-corrected chi connectivity index (χ0v) is 11.5. The second-order valence-electron chi connectivity index (χ2n) is 4.05. The number of methoxy groups -OCH3 is 1. The van der Waals surface area contributed by atoms with E-state index in [0.29, 0.717) is 11.4 Å². The smallest absolute Gasteiger partial charge is 0.329 e. The maximum absolute atomic E-state index is 12.3. The topological polar surface area (TPSA) is 64.6 Å². The van der Waals surface area contributed by atoms with Crippen LogP contribution in [0.3, 0.4) is 0 Å². The van der Waals surface area contributed by atoms with Gasteiger partial charge in [0, 0.05) is 12.1 Å². The van der Waals surface area contributed by atoms with Gasteiger partial charge in [-0.3, -0.25) is 4.79 Å². The number of hydrogen-bond acceptors (Lipinski definition) is 5. The summed E-state index contributed by atoms with van der Waals surface area (Å²) in [5.41, 5.74) is 0.621.